The molecule has 5 heavy (non-hydrogen) atoms. The highest BCUT2D eigenvalue weighted by molar-refractivity contribution is 7.80. The summed E-state index contributed by atoms with van der Waals surface area (Å²) in [7, 11) is 0. The molecule has 2 heteroatoms. The molecule has 0 aliphatic rings. The fraction of sp³-hybridized carbons (Fsp3) is 0.333. The van der Waals surface area contributed by atoms with Crippen LogP contribution >= 0.6 is 12.6 Å². The maximum absolute atomic E-state index is 9.62. The summed E-state index contributed by atoms with van der Waals surface area (Å²) in [5, 5.41) is 9.62. The number of thiol groups is 1. The van der Waals surface area contributed by atoms with Crippen LogP contribution in [0.2, 0.25) is 0 Å². The van der Waals surface area contributed by atoms with Gasteiger partial charge >= 0.3 is 0 Å². The highest BCUT2D eigenvalue weighted by atomic mass is 32.1. The maximum atomic E-state index is 9.62. The molecular weight excluding hydrogens is 84.1 g/mol. The van der Waals surface area contributed by atoms with Crippen molar-refractivity contribution in [2.24, 2.45) is 0 Å². The second-order valence-electron chi connectivity index (χ2n) is 0.697. The first-order valence-electron chi connectivity index (χ1n) is 1.23. The second kappa shape index (κ2) is 2.15. The first kappa shape index (κ1) is 4.89. The first-order chi connectivity index (χ1) is 2.27. The van der Waals surface area contributed by atoms with E-state index in [4.69, 9.17) is 0 Å². The van der Waals surface area contributed by atoms with Gasteiger partial charge in [0.25, 0.3) is 0 Å². The zero-order chi connectivity index (χ0) is 4.28. The third kappa shape index (κ3) is 3.89. The smallest absolute Gasteiger partial charge is 0.000607 e. The van der Waals surface area contributed by atoms with Crippen LogP contribution in [0.4, 0.5) is 0 Å². The fourth-order valence-corrected chi connectivity index (χ4v) is 0. The Labute approximate surface area is 36.7 Å². The third-order valence-electron chi connectivity index (χ3n) is 0.176. The molecule has 0 heterocycles. The molecule has 0 bridgehead atoms. The minimum absolute atomic E-state index is 0.131. The predicted octanol–water partition coefficient (Wildman–Crippen LogP) is -0.210. The number of hydrogen-bond acceptors (Lipinski definition) is 2. The third-order valence-corrected chi connectivity index (χ3v) is 0.529. The van der Waals surface area contributed by atoms with Crippen LogP contribution in [-0.4, -0.2) is 5.75 Å². The summed E-state index contributed by atoms with van der Waals surface area (Å²) in [5.41, 5.74) is 0. The Morgan fingerprint density at radius 2 is 2.20 bits per heavy atom. The summed E-state index contributed by atoms with van der Waals surface area (Å²) >= 11 is 3.60. The predicted molar refractivity (Wildman–Crippen MR) is 23.0 cm³/mol. The standard InChI is InChI=1S/C3H6OS/c1-3(4)2-5/h4-5H,1-2H2/p-1. The summed E-state index contributed by atoms with van der Waals surface area (Å²) in [6.45, 7) is 3.04. The van der Waals surface area contributed by atoms with Crippen LogP contribution in [0.5, 0.6) is 0 Å². The fourth-order valence-electron chi connectivity index (χ4n) is 0. The maximum Gasteiger partial charge on any atom is 0.000607 e. The number of rotatable bonds is 1. The van der Waals surface area contributed by atoms with E-state index in [9.17, 15) is 5.11 Å². The van der Waals surface area contributed by atoms with Crippen LogP contribution in [0.3, 0.4) is 0 Å². The largest absolute Gasteiger partial charge is 0.875 e. The van der Waals surface area contributed by atoms with E-state index in [1.807, 2.05) is 0 Å². The van der Waals surface area contributed by atoms with Gasteiger partial charge in [0.1, 0.15) is 0 Å². The highest BCUT2D eigenvalue weighted by Crippen LogP contribution is 1.76. The van der Waals surface area contributed by atoms with Gasteiger partial charge in [0.2, 0.25) is 0 Å². The molecule has 0 aromatic carbocycles. The van der Waals surface area contributed by atoms with E-state index in [2.05, 4.69) is 19.2 Å². The Morgan fingerprint density at radius 1 is 2.00 bits per heavy atom. The molecule has 0 radical (unpaired) electrons. The average molecular weight is 89.1 g/mol. The van der Waals surface area contributed by atoms with E-state index in [0.29, 0.717) is 0 Å². The summed E-state index contributed by atoms with van der Waals surface area (Å²) in [6.07, 6.45) is 0. The van der Waals surface area contributed by atoms with Crippen molar-refractivity contribution >= 4 is 12.6 Å². The summed E-state index contributed by atoms with van der Waals surface area (Å²) in [6, 6.07) is 0. The molecule has 0 aromatic heterocycles. The quantitative estimate of drug-likeness (QED) is 0.348. The summed E-state index contributed by atoms with van der Waals surface area (Å²) in [5.74, 6) is 0.119. The van der Waals surface area contributed by atoms with E-state index in [-0.39, 0.29) is 11.5 Å². The van der Waals surface area contributed by atoms with Crippen molar-refractivity contribution in [3.63, 3.8) is 0 Å². The molecule has 0 saturated carbocycles. The van der Waals surface area contributed by atoms with Crippen LogP contribution < -0.4 is 5.11 Å². The van der Waals surface area contributed by atoms with Crippen molar-refractivity contribution in [3.05, 3.63) is 12.3 Å². The molecule has 0 fully saturated rings. The van der Waals surface area contributed by atoms with Crippen molar-refractivity contribution in [2.45, 2.75) is 0 Å². The molecule has 0 atom stereocenters. The van der Waals surface area contributed by atoms with E-state index in [0.717, 1.165) is 0 Å². The Bertz CT molecular complexity index is 42.2. The minimum atomic E-state index is -0.131. The van der Waals surface area contributed by atoms with Gasteiger partial charge in [0, 0.05) is 5.75 Å². The van der Waals surface area contributed by atoms with Crippen LogP contribution in [0.1, 0.15) is 0 Å². The Balaban J connectivity index is 2.85. The molecule has 0 saturated heterocycles. The molecule has 0 unspecified atom stereocenters. The average Bonchev–Trinajstić information content (AvgIpc) is 1.38. The summed E-state index contributed by atoms with van der Waals surface area (Å²) in [4.78, 5) is 0. The van der Waals surface area contributed by atoms with Crippen LogP contribution in [0, 0.1) is 0 Å². The normalized spacial score (nSPS) is 7.40. The summed E-state index contributed by atoms with van der Waals surface area (Å²) < 4.78 is 0. The first-order valence-corrected chi connectivity index (χ1v) is 1.86. The number of hydrogen-bond donors (Lipinski definition) is 1. The van der Waals surface area contributed by atoms with Gasteiger partial charge < -0.3 is 5.11 Å². The van der Waals surface area contributed by atoms with E-state index < -0.39 is 0 Å². The van der Waals surface area contributed by atoms with Crippen molar-refractivity contribution in [3.8, 4) is 0 Å². The molecule has 0 spiro atoms. The molecule has 30 valence electrons. The molecule has 0 amide bonds. The lowest BCUT2D eigenvalue weighted by Gasteiger charge is -1.99. The van der Waals surface area contributed by atoms with Gasteiger partial charge in [-0.1, -0.05) is 0 Å². The molecule has 0 aliphatic carbocycles. The van der Waals surface area contributed by atoms with Crippen LogP contribution in [-0.2, 0) is 0 Å². The molecule has 0 rings (SSSR count). The molecular formula is C3H5OS-. The van der Waals surface area contributed by atoms with Gasteiger partial charge in [0.15, 0.2) is 0 Å². The van der Waals surface area contributed by atoms with Crippen molar-refractivity contribution in [1.29, 1.82) is 0 Å². The SMILES string of the molecule is C=C([O-])CS. The lowest BCUT2D eigenvalue weighted by Crippen LogP contribution is -2.00. The minimum Gasteiger partial charge on any atom is -0.875 e. The van der Waals surface area contributed by atoms with Gasteiger partial charge in [-0.15, -0.1) is 12.3 Å². The zero-order valence-corrected chi connectivity index (χ0v) is 3.66. The van der Waals surface area contributed by atoms with Gasteiger partial charge in [-0.2, -0.15) is 12.6 Å². The lowest BCUT2D eigenvalue weighted by atomic mass is 10.7. The van der Waals surface area contributed by atoms with E-state index >= 15 is 0 Å². The van der Waals surface area contributed by atoms with E-state index in [1.165, 1.54) is 0 Å². The molecule has 0 aromatic rings. The molecule has 0 aliphatic heterocycles. The Morgan fingerprint density at radius 3 is 2.20 bits per heavy atom. The Hall–Kier alpha value is -0.110. The van der Waals surface area contributed by atoms with Crippen molar-refractivity contribution in [2.75, 3.05) is 5.75 Å². The molecule has 1 nitrogen and oxygen atoms in total. The van der Waals surface area contributed by atoms with Crippen molar-refractivity contribution < 1.29 is 5.11 Å². The van der Waals surface area contributed by atoms with E-state index in [1.54, 1.807) is 0 Å². The van der Waals surface area contributed by atoms with Crippen LogP contribution in [0.25, 0.3) is 0 Å². The topological polar surface area (TPSA) is 23.1 Å². The zero-order valence-electron chi connectivity index (χ0n) is 2.77. The van der Waals surface area contributed by atoms with Gasteiger partial charge in [0.05, 0.1) is 0 Å². The monoisotopic (exact) mass is 89.0 g/mol. The van der Waals surface area contributed by atoms with Gasteiger partial charge in [-0.05, 0) is 0 Å². The second-order valence-corrected chi connectivity index (χ2v) is 1.01. The van der Waals surface area contributed by atoms with Gasteiger partial charge in [-0.3, -0.25) is 0 Å². The lowest BCUT2D eigenvalue weighted by molar-refractivity contribution is -0.299. The molecule has 0 N–H and O–H groups in total. The van der Waals surface area contributed by atoms with Gasteiger partial charge in [-0.25, -0.2) is 0 Å². The van der Waals surface area contributed by atoms with Crippen LogP contribution in [0.15, 0.2) is 12.3 Å². The highest BCUT2D eigenvalue weighted by Gasteiger charge is 1.58. The Kier molecular flexibility index (Phi) is 2.10. The van der Waals surface area contributed by atoms with Crippen molar-refractivity contribution in [1.82, 2.24) is 0 Å².